The normalized spacial score (nSPS) is 26.2. The largest absolute Gasteiger partial charge is 0.318 e. The highest BCUT2D eigenvalue weighted by Gasteiger charge is 2.42. The van der Waals surface area contributed by atoms with E-state index in [1.54, 1.807) is 4.90 Å². The highest BCUT2D eigenvalue weighted by molar-refractivity contribution is 9.10. The monoisotopic (exact) mass is 254 g/mol. The summed E-state index contributed by atoms with van der Waals surface area (Å²) in [6.07, 6.45) is 0. The number of halogens is 1. The van der Waals surface area contributed by atoms with E-state index in [0.29, 0.717) is 0 Å². The third-order valence-electron chi connectivity index (χ3n) is 2.54. The number of rotatable bonds is 1. The van der Waals surface area contributed by atoms with Gasteiger partial charge in [0.05, 0.1) is 6.04 Å². The van der Waals surface area contributed by atoms with Crippen LogP contribution in [0.2, 0.25) is 0 Å². The lowest BCUT2D eigenvalue weighted by molar-refractivity contribution is -0.125. The predicted octanol–water partition coefficient (Wildman–Crippen LogP) is 1.51. The summed E-state index contributed by atoms with van der Waals surface area (Å²) < 4.78 is 0.968. The zero-order valence-electron chi connectivity index (χ0n) is 7.77. The molecule has 0 radical (unpaired) electrons. The highest BCUT2D eigenvalue weighted by atomic mass is 79.9. The molecule has 2 unspecified atom stereocenters. The van der Waals surface area contributed by atoms with Crippen LogP contribution in [0.5, 0.6) is 0 Å². The summed E-state index contributed by atoms with van der Waals surface area (Å²) in [5.74, 6) is -0.00407. The van der Waals surface area contributed by atoms with Gasteiger partial charge < -0.3 is 10.6 Å². The van der Waals surface area contributed by atoms with Crippen LogP contribution in [0.15, 0.2) is 28.7 Å². The van der Waals surface area contributed by atoms with Crippen LogP contribution >= 0.6 is 15.9 Å². The SMILES string of the molecule is CC1C(N)C(=O)N1c1cccc(Br)c1. The number of carbonyl (C=O) groups excluding carboxylic acids is 1. The van der Waals surface area contributed by atoms with Crippen LogP contribution in [0, 0.1) is 0 Å². The number of hydrogen-bond acceptors (Lipinski definition) is 2. The smallest absolute Gasteiger partial charge is 0.246 e. The molecule has 0 spiro atoms. The summed E-state index contributed by atoms with van der Waals surface area (Å²) in [6, 6.07) is 7.42. The van der Waals surface area contributed by atoms with Gasteiger partial charge >= 0.3 is 0 Å². The van der Waals surface area contributed by atoms with Crippen molar-refractivity contribution in [2.24, 2.45) is 5.73 Å². The Balaban J connectivity index is 2.29. The topological polar surface area (TPSA) is 46.3 Å². The van der Waals surface area contributed by atoms with E-state index in [1.807, 2.05) is 31.2 Å². The zero-order valence-corrected chi connectivity index (χ0v) is 9.36. The first-order valence-electron chi connectivity index (χ1n) is 4.45. The fraction of sp³-hybridized carbons (Fsp3) is 0.300. The average Bonchev–Trinajstić information content (AvgIpc) is 2.18. The number of β-lactam (4-membered cyclic amide) rings is 1. The van der Waals surface area contributed by atoms with Crippen molar-refractivity contribution in [1.29, 1.82) is 0 Å². The van der Waals surface area contributed by atoms with Crippen molar-refractivity contribution < 1.29 is 4.79 Å². The molecule has 1 aromatic rings. The molecule has 0 saturated carbocycles. The molecule has 1 amide bonds. The van der Waals surface area contributed by atoms with Crippen LogP contribution in [-0.2, 0) is 4.79 Å². The molecule has 1 fully saturated rings. The Morgan fingerprint density at radius 2 is 2.21 bits per heavy atom. The van der Waals surface area contributed by atoms with E-state index in [-0.39, 0.29) is 18.0 Å². The molecule has 74 valence electrons. The first kappa shape index (κ1) is 9.68. The maximum atomic E-state index is 11.5. The van der Waals surface area contributed by atoms with Gasteiger partial charge in [0.25, 0.3) is 0 Å². The molecule has 1 aliphatic rings. The Labute approximate surface area is 91.0 Å². The minimum Gasteiger partial charge on any atom is -0.318 e. The van der Waals surface area contributed by atoms with Crippen LogP contribution in [-0.4, -0.2) is 18.0 Å². The fourth-order valence-electron chi connectivity index (χ4n) is 1.63. The first-order chi connectivity index (χ1) is 6.61. The molecule has 1 saturated heterocycles. The van der Waals surface area contributed by atoms with Crippen LogP contribution in [0.4, 0.5) is 5.69 Å². The molecule has 2 atom stereocenters. The molecule has 2 N–H and O–H groups in total. The van der Waals surface area contributed by atoms with Gasteiger partial charge in [0.15, 0.2) is 0 Å². The molecule has 0 aromatic heterocycles. The van der Waals surface area contributed by atoms with Gasteiger partial charge in [-0.2, -0.15) is 0 Å². The van der Waals surface area contributed by atoms with Crippen LogP contribution in [0.3, 0.4) is 0 Å². The third kappa shape index (κ3) is 1.35. The van der Waals surface area contributed by atoms with Crippen molar-refractivity contribution in [3.63, 3.8) is 0 Å². The molecule has 4 heteroatoms. The molecular weight excluding hydrogens is 244 g/mol. The van der Waals surface area contributed by atoms with Gasteiger partial charge in [0.1, 0.15) is 6.04 Å². The number of anilines is 1. The van der Waals surface area contributed by atoms with Gasteiger partial charge in [-0.15, -0.1) is 0 Å². The molecule has 0 bridgehead atoms. The second kappa shape index (κ2) is 3.37. The molecule has 14 heavy (non-hydrogen) atoms. The molecule has 0 aliphatic carbocycles. The third-order valence-corrected chi connectivity index (χ3v) is 3.03. The Morgan fingerprint density at radius 1 is 1.50 bits per heavy atom. The van der Waals surface area contributed by atoms with E-state index < -0.39 is 0 Å². The summed E-state index contributed by atoms with van der Waals surface area (Å²) in [7, 11) is 0. The predicted molar refractivity (Wildman–Crippen MR) is 59.1 cm³/mol. The van der Waals surface area contributed by atoms with Gasteiger partial charge in [-0.05, 0) is 25.1 Å². The van der Waals surface area contributed by atoms with Gasteiger partial charge in [-0.3, -0.25) is 4.79 Å². The minimum atomic E-state index is -0.339. The van der Waals surface area contributed by atoms with Crippen molar-refractivity contribution in [2.75, 3.05) is 4.90 Å². The van der Waals surface area contributed by atoms with E-state index in [9.17, 15) is 4.79 Å². The first-order valence-corrected chi connectivity index (χ1v) is 5.25. The summed E-state index contributed by atoms with van der Waals surface area (Å²) in [5, 5.41) is 0. The van der Waals surface area contributed by atoms with E-state index in [1.165, 1.54) is 0 Å². The second-order valence-corrected chi connectivity index (χ2v) is 4.37. The quantitative estimate of drug-likeness (QED) is 0.773. The van der Waals surface area contributed by atoms with Crippen LogP contribution in [0.1, 0.15) is 6.92 Å². The van der Waals surface area contributed by atoms with E-state index >= 15 is 0 Å². The average molecular weight is 255 g/mol. The lowest BCUT2D eigenvalue weighted by Gasteiger charge is -2.43. The fourth-order valence-corrected chi connectivity index (χ4v) is 2.02. The summed E-state index contributed by atoms with van der Waals surface area (Å²) >= 11 is 3.37. The second-order valence-electron chi connectivity index (χ2n) is 3.45. The van der Waals surface area contributed by atoms with Crippen molar-refractivity contribution in [2.45, 2.75) is 19.0 Å². The van der Waals surface area contributed by atoms with E-state index in [4.69, 9.17) is 5.73 Å². The zero-order chi connectivity index (χ0) is 10.3. The van der Waals surface area contributed by atoms with Gasteiger partial charge in [0, 0.05) is 10.2 Å². The maximum Gasteiger partial charge on any atom is 0.246 e. The molecule has 1 aromatic carbocycles. The Kier molecular flexibility index (Phi) is 2.33. The van der Waals surface area contributed by atoms with Gasteiger partial charge in [0.2, 0.25) is 5.91 Å². The summed E-state index contributed by atoms with van der Waals surface area (Å²) in [4.78, 5) is 13.2. The number of nitrogens with two attached hydrogens (primary N) is 1. The molecule has 1 heterocycles. The standard InChI is InChI=1S/C10H11BrN2O/c1-6-9(12)10(14)13(6)8-4-2-3-7(11)5-8/h2-6,9H,12H2,1H3. The Hall–Kier alpha value is -0.870. The van der Waals surface area contributed by atoms with Crippen molar-refractivity contribution in [3.05, 3.63) is 28.7 Å². The van der Waals surface area contributed by atoms with E-state index in [0.717, 1.165) is 10.2 Å². The van der Waals surface area contributed by atoms with Crippen LogP contribution < -0.4 is 10.6 Å². The summed E-state index contributed by atoms with van der Waals surface area (Å²) in [6.45, 7) is 1.95. The Morgan fingerprint density at radius 3 is 2.79 bits per heavy atom. The number of amides is 1. The summed E-state index contributed by atoms with van der Waals surface area (Å²) in [5.41, 5.74) is 6.53. The van der Waals surface area contributed by atoms with E-state index in [2.05, 4.69) is 15.9 Å². The van der Waals surface area contributed by atoms with Crippen molar-refractivity contribution >= 4 is 27.5 Å². The van der Waals surface area contributed by atoms with Crippen LogP contribution in [0.25, 0.3) is 0 Å². The molecule has 2 rings (SSSR count). The number of benzene rings is 1. The minimum absolute atomic E-state index is 0.00407. The molecular formula is C10H11BrN2O. The molecule has 1 aliphatic heterocycles. The lowest BCUT2D eigenvalue weighted by atomic mass is 9.97. The number of hydrogen-bond donors (Lipinski definition) is 1. The number of nitrogens with zero attached hydrogens (tertiary/aromatic N) is 1. The highest BCUT2D eigenvalue weighted by Crippen LogP contribution is 2.28. The van der Waals surface area contributed by atoms with Gasteiger partial charge in [-0.25, -0.2) is 0 Å². The van der Waals surface area contributed by atoms with Crippen molar-refractivity contribution in [1.82, 2.24) is 0 Å². The number of carbonyl (C=O) groups is 1. The van der Waals surface area contributed by atoms with Gasteiger partial charge in [-0.1, -0.05) is 22.0 Å². The maximum absolute atomic E-state index is 11.5. The van der Waals surface area contributed by atoms with Crippen molar-refractivity contribution in [3.8, 4) is 0 Å². The lowest BCUT2D eigenvalue weighted by Crippen LogP contribution is -2.67. The molecule has 3 nitrogen and oxygen atoms in total. The Bertz CT molecular complexity index is 380.